The summed E-state index contributed by atoms with van der Waals surface area (Å²) < 4.78 is 2.29. The smallest absolute Gasteiger partial charge is 0.209 e. The number of aromatic nitrogens is 1. The highest BCUT2D eigenvalue weighted by Crippen LogP contribution is 2.51. The molecular weight excluding hydrogens is 400 g/mol. The molecule has 33 heavy (non-hydrogen) atoms. The van der Waals surface area contributed by atoms with Gasteiger partial charge in [0.25, 0.3) is 0 Å². The van der Waals surface area contributed by atoms with E-state index in [1.807, 2.05) is 0 Å². The van der Waals surface area contributed by atoms with E-state index in [1.54, 1.807) is 0 Å². The van der Waals surface area contributed by atoms with Crippen molar-refractivity contribution in [3.8, 4) is 0 Å². The Kier molecular flexibility index (Phi) is 5.32. The Hall–Kier alpha value is -3.39. The zero-order chi connectivity index (χ0) is 23.2. The molecule has 2 heteroatoms. The molecule has 0 fully saturated rings. The Bertz CT molecular complexity index is 1380. The van der Waals surface area contributed by atoms with E-state index in [1.165, 1.54) is 49.9 Å². The zero-order valence-corrected chi connectivity index (χ0v) is 20.4. The maximum absolute atomic E-state index is 3.59. The quantitative estimate of drug-likeness (QED) is 0.418. The van der Waals surface area contributed by atoms with E-state index >= 15 is 0 Å². The second-order valence-electron chi connectivity index (χ2n) is 9.74. The first-order valence-corrected chi connectivity index (χ1v) is 12.0. The van der Waals surface area contributed by atoms with Crippen LogP contribution in [0, 0.1) is 6.92 Å². The number of nitrogens with one attached hydrogen (secondary N) is 1. The van der Waals surface area contributed by atoms with Crippen molar-refractivity contribution in [2.24, 2.45) is 0 Å². The fraction of sp³-hybridized carbons (Fsp3) is 0.258. The molecule has 166 valence electrons. The molecule has 0 atom stereocenters. The second kappa shape index (κ2) is 8.19. The normalized spacial score (nSPS) is 19.5. The molecule has 0 radical (unpaired) electrons. The van der Waals surface area contributed by atoms with E-state index in [0.29, 0.717) is 0 Å². The summed E-state index contributed by atoms with van der Waals surface area (Å²) in [6, 6.07) is 15.4. The van der Waals surface area contributed by atoms with Gasteiger partial charge in [-0.15, -0.1) is 0 Å². The van der Waals surface area contributed by atoms with Crippen LogP contribution in [0.4, 0.5) is 5.69 Å². The molecule has 0 unspecified atom stereocenters. The molecule has 5 rings (SSSR count). The molecular formula is C31H33N2+. The van der Waals surface area contributed by atoms with Gasteiger partial charge in [0.2, 0.25) is 5.70 Å². The molecule has 2 aliphatic carbocycles. The highest BCUT2D eigenvalue weighted by molar-refractivity contribution is 5.99. The Labute approximate surface area is 197 Å². The monoisotopic (exact) mass is 433 g/mol. The Morgan fingerprint density at radius 2 is 1.76 bits per heavy atom. The Morgan fingerprint density at radius 3 is 2.52 bits per heavy atom. The lowest BCUT2D eigenvalue weighted by Crippen LogP contribution is -2.32. The van der Waals surface area contributed by atoms with Crippen molar-refractivity contribution < 1.29 is 4.57 Å². The predicted octanol–water partition coefficient (Wildman–Crippen LogP) is 7.71. The molecule has 1 heterocycles. The number of para-hydroxylation sites is 1. The fourth-order valence-corrected chi connectivity index (χ4v) is 5.49. The van der Waals surface area contributed by atoms with E-state index in [0.717, 1.165) is 18.5 Å². The van der Waals surface area contributed by atoms with Gasteiger partial charge in [-0.1, -0.05) is 50.3 Å². The molecule has 1 N–H and O–H groups in total. The summed E-state index contributed by atoms with van der Waals surface area (Å²) in [6.07, 6.45) is 16.0. The van der Waals surface area contributed by atoms with Crippen LogP contribution in [0.3, 0.4) is 0 Å². The predicted molar refractivity (Wildman–Crippen MR) is 141 cm³/mol. The summed E-state index contributed by atoms with van der Waals surface area (Å²) in [7, 11) is 0. The molecule has 0 spiro atoms. The van der Waals surface area contributed by atoms with Gasteiger partial charge in [0, 0.05) is 34.3 Å². The van der Waals surface area contributed by atoms with Crippen LogP contribution in [0.25, 0.3) is 22.0 Å². The van der Waals surface area contributed by atoms with Crippen LogP contribution < -0.4 is 9.88 Å². The molecule has 0 aliphatic heterocycles. The Morgan fingerprint density at radius 1 is 0.970 bits per heavy atom. The molecule has 0 amide bonds. The summed E-state index contributed by atoms with van der Waals surface area (Å²) in [5.41, 5.74) is 10.4. The van der Waals surface area contributed by atoms with Crippen molar-refractivity contribution in [3.63, 3.8) is 0 Å². The molecule has 2 aromatic carbocycles. The van der Waals surface area contributed by atoms with Gasteiger partial charge in [0.15, 0.2) is 12.4 Å². The number of rotatable bonds is 3. The van der Waals surface area contributed by atoms with Crippen LogP contribution >= 0.6 is 0 Å². The van der Waals surface area contributed by atoms with Gasteiger partial charge in [-0.3, -0.25) is 0 Å². The van der Waals surface area contributed by atoms with E-state index in [2.05, 4.69) is 124 Å². The summed E-state index contributed by atoms with van der Waals surface area (Å²) in [5, 5.41) is 6.22. The molecule has 0 bridgehead atoms. The maximum Gasteiger partial charge on any atom is 0.209 e. The third-order valence-corrected chi connectivity index (χ3v) is 7.28. The number of anilines is 1. The third-order valence-electron chi connectivity index (χ3n) is 7.28. The number of benzene rings is 2. The highest BCUT2D eigenvalue weighted by atomic mass is 14.9. The van der Waals surface area contributed by atoms with Crippen LogP contribution in [0.1, 0.15) is 57.2 Å². The average Bonchev–Trinajstić information content (AvgIpc) is 3.04. The largest absolute Gasteiger partial charge is 0.361 e. The SMILES string of the molecule is C/C=C1\C(=C/Nc2ccccc2C)C(C)(C)c2c1ccc1c[n+](C3=CCCC=C3C)ccc21. The average molecular weight is 434 g/mol. The number of fused-ring (bicyclic) bond motifs is 3. The molecule has 0 saturated heterocycles. The van der Waals surface area contributed by atoms with Crippen molar-refractivity contribution in [1.29, 1.82) is 0 Å². The van der Waals surface area contributed by atoms with Crippen LogP contribution in [-0.2, 0) is 5.41 Å². The number of aryl methyl sites for hydroxylation is 1. The number of hydrogen-bond acceptors (Lipinski definition) is 1. The summed E-state index contributed by atoms with van der Waals surface area (Å²) >= 11 is 0. The standard InChI is InChI=1S/C31H33N2/c1-6-24-26-16-15-23-20-33(29-14-10-8-12-22(29)3)18-17-25(23)30(26)31(4,5)27(24)19-32-28-13-9-7-11-21(28)2/h6-7,9,11-20,32H,8,10H2,1-5H3/q+1/b24-6-,27-19+. The van der Waals surface area contributed by atoms with E-state index in [-0.39, 0.29) is 5.41 Å². The summed E-state index contributed by atoms with van der Waals surface area (Å²) in [5.74, 6) is 0. The highest BCUT2D eigenvalue weighted by Gasteiger charge is 2.39. The topological polar surface area (TPSA) is 15.9 Å². The molecule has 2 nitrogen and oxygen atoms in total. The lowest BCUT2D eigenvalue weighted by atomic mass is 9.80. The fourth-order valence-electron chi connectivity index (χ4n) is 5.49. The van der Waals surface area contributed by atoms with Crippen molar-refractivity contribution in [2.45, 2.75) is 52.9 Å². The van der Waals surface area contributed by atoms with Gasteiger partial charge < -0.3 is 5.32 Å². The van der Waals surface area contributed by atoms with Crippen molar-refractivity contribution in [2.75, 3.05) is 5.32 Å². The zero-order valence-electron chi connectivity index (χ0n) is 20.4. The first-order valence-electron chi connectivity index (χ1n) is 12.0. The Balaban J connectivity index is 1.61. The lowest BCUT2D eigenvalue weighted by molar-refractivity contribution is -0.578. The number of pyridine rings is 1. The van der Waals surface area contributed by atoms with Gasteiger partial charge >= 0.3 is 0 Å². The van der Waals surface area contributed by atoms with Crippen LogP contribution in [-0.4, -0.2) is 0 Å². The van der Waals surface area contributed by atoms with E-state index in [9.17, 15) is 0 Å². The van der Waals surface area contributed by atoms with Crippen molar-refractivity contribution >= 4 is 27.7 Å². The van der Waals surface area contributed by atoms with E-state index < -0.39 is 0 Å². The first-order chi connectivity index (χ1) is 15.9. The van der Waals surface area contributed by atoms with Crippen LogP contribution in [0.15, 0.2) is 90.4 Å². The number of hydrogen-bond donors (Lipinski definition) is 1. The number of nitrogens with zero attached hydrogens (tertiary/aromatic N) is 1. The van der Waals surface area contributed by atoms with Gasteiger partial charge in [-0.05, 0) is 85.0 Å². The van der Waals surface area contributed by atoms with Crippen molar-refractivity contribution in [3.05, 3.63) is 107 Å². The van der Waals surface area contributed by atoms with Crippen LogP contribution in [0.2, 0.25) is 0 Å². The van der Waals surface area contributed by atoms with E-state index in [4.69, 9.17) is 0 Å². The molecule has 1 aromatic heterocycles. The van der Waals surface area contributed by atoms with Gasteiger partial charge in [-0.2, -0.15) is 4.57 Å². The van der Waals surface area contributed by atoms with Gasteiger partial charge in [0.1, 0.15) is 0 Å². The molecule has 3 aromatic rings. The molecule has 2 aliphatic rings. The summed E-state index contributed by atoms with van der Waals surface area (Å²) in [4.78, 5) is 0. The maximum atomic E-state index is 3.59. The minimum Gasteiger partial charge on any atom is -0.361 e. The summed E-state index contributed by atoms with van der Waals surface area (Å²) in [6.45, 7) is 11.2. The molecule has 0 saturated carbocycles. The van der Waals surface area contributed by atoms with Gasteiger partial charge in [0.05, 0.1) is 0 Å². The first kappa shape index (κ1) is 21.5. The lowest BCUT2D eigenvalue weighted by Gasteiger charge is -2.23. The minimum absolute atomic E-state index is 0.0987. The second-order valence-corrected chi connectivity index (χ2v) is 9.74. The van der Waals surface area contributed by atoms with Gasteiger partial charge in [-0.25, -0.2) is 0 Å². The minimum atomic E-state index is -0.0987. The number of allylic oxidation sites excluding steroid dienone is 7. The third kappa shape index (κ3) is 3.54. The van der Waals surface area contributed by atoms with Crippen LogP contribution in [0.5, 0.6) is 0 Å². The van der Waals surface area contributed by atoms with Crippen molar-refractivity contribution in [1.82, 2.24) is 0 Å².